The van der Waals surface area contributed by atoms with E-state index in [1.165, 1.54) is 18.9 Å². The largest absolute Gasteiger partial charge is 0.505 e. The van der Waals surface area contributed by atoms with E-state index in [2.05, 4.69) is 18.0 Å². The second kappa shape index (κ2) is 12.8. The van der Waals surface area contributed by atoms with E-state index in [1.807, 2.05) is 34.6 Å². The number of aromatic hydroxyl groups is 1. The molecular formula is C26H41F2NO. The first kappa shape index (κ1) is 26.2. The summed E-state index contributed by atoms with van der Waals surface area (Å²) in [5.74, 6) is -0.638. The average molecular weight is 422 g/mol. The summed E-state index contributed by atoms with van der Waals surface area (Å²) in [5.41, 5.74) is 3.23. The Bertz CT molecular complexity index is 679. The minimum atomic E-state index is -0.920. The Balaban J connectivity index is 0.00000218. The van der Waals surface area contributed by atoms with Gasteiger partial charge in [-0.05, 0) is 76.5 Å². The zero-order valence-electron chi connectivity index (χ0n) is 19.7. The molecule has 0 amide bonds. The summed E-state index contributed by atoms with van der Waals surface area (Å²) >= 11 is 0. The molecule has 1 aliphatic carbocycles. The van der Waals surface area contributed by atoms with Gasteiger partial charge in [0.25, 0.3) is 0 Å². The molecule has 0 spiro atoms. The highest BCUT2D eigenvalue weighted by Crippen LogP contribution is 2.39. The van der Waals surface area contributed by atoms with Crippen molar-refractivity contribution in [3.63, 3.8) is 0 Å². The number of alkyl halides is 1. The van der Waals surface area contributed by atoms with Crippen LogP contribution in [0.15, 0.2) is 30.5 Å². The first-order valence-electron chi connectivity index (χ1n) is 11.5. The molecule has 0 heterocycles. The molecular weight excluding hydrogens is 380 g/mol. The van der Waals surface area contributed by atoms with Gasteiger partial charge in [-0.3, -0.25) is 0 Å². The Morgan fingerprint density at radius 1 is 1.27 bits per heavy atom. The molecule has 4 heteroatoms. The van der Waals surface area contributed by atoms with Crippen LogP contribution < -0.4 is 5.32 Å². The van der Waals surface area contributed by atoms with E-state index in [9.17, 15) is 9.50 Å². The SMILES string of the molecule is C=CC(CCC(C)F)C(N/C(=C/C)C1CCCC1)c1c(C)c(C)cc(O)c1F.CC. The van der Waals surface area contributed by atoms with Crippen molar-refractivity contribution in [3.8, 4) is 5.75 Å². The van der Waals surface area contributed by atoms with Crippen molar-refractivity contribution in [1.29, 1.82) is 0 Å². The van der Waals surface area contributed by atoms with Crippen molar-refractivity contribution in [2.24, 2.45) is 11.8 Å². The van der Waals surface area contributed by atoms with Gasteiger partial charge in [0.2, 0.25) is 0 Å². The van der Waals surface area contributed by atoms with E-state index in [-0.39, 0.29) is 11.7 Å². The number of benzene rings is 1. The van der Waals surface area contributed by atoms with Gasteiger partial charge in [-0.25, -0.2) is 8.78 Å². The van der Waals surface area contributed by atoms with Gasteiger partial charge in [-0.1, -0.05) is 38.8 Å². The molecule has 2 N–H and O–H groups in total. The van der Waals surface area contributed by atoms with Crippen LogP contribution in [0.1, 0.15) is 89.0 Å². The summed E-state index contributed by atoms with van der Waals surface area (Å²) in [5, 5.41) is 13.7. The third kappa shape index (κ3) is 6.58. The van der Waals surface area contributed by atoms with Gasteiger partial charge in [0.15, 0.2) is 11.6 Å². The fourth-order valence-electron chi connectivity index (χ4n) is 4.35. The second-order valence-corrected chi connectivity index (χ2v) is 8.17. The highest BCUT2D eigenvalue weighted by atomic mass is 19.1. The van der Waals surface area contributed by atoms with E-state index in [0.717, 1.165) is 29.7 Å². The Morgan fingerprint density at radius 3 is 2.37 bits per heavy atom. The van der Waals surface area contributed by atoms with Crippen LogP contribution in [0.4, 0.5) is 8.78 Å². The highest BCUT2D eigenvalue weighted by molar-refractivity contribution is 5.44. The lowest BCUT2D eigenvalue weighted by molar-refractivity contribution is 0.298. The van der Waals surface area contributed by atoms with Crippen LogP contribution in [0.25, 0.3) is 0 Å². The van der Waals surface area contributed by atoms with Crippen molar-refractivity contribution in [2.45, 2.75) is 92.3 Å². The van der Waals surface area contributed by atoms with Gasteiger partial charge < -0.3 is 10.4 Å². The van der Waals surface area contributed by atoms with Crippen LogP contribution in [-0.4, -0.2) is 11.3 Å². The fourth-order valence-corrected chi connectivity index (χ4v) is 4.35. The summed E-state index contributed by atoms with van der Waals surface area (Å²) in [7, 11) is 0. The lowest BCUT2D eigenvalue weighted by atomic mass is 9.84. The van der Waals surface area contributed by atoms with E-state index in [1.54, 1.807) is 13.0 Å². The molecule has 0 radical (unpaired) electrons. The van der Waals surface area contributed by atoms with Crippen molar-refractivity contribution in [3.05, 3.63) is 53.0 Å². The fraction of sp³-hybridized carbons (Fsp3) is 0.615. The predicted molar refractivity (Wildman–Crippen MR) is 124 cm³/mol. The molecule has 0 aromatic heterocycles. The number of hydrogen-bond donors (Lipinski definition) is 2. The topological polar surface area (TPSA) is 32.3 Å². The lowest BCUT2D eigenvalue weighted by Gasteiger charge is -2.32. The predicted octanol–water partition coefficient (Wildman–Crippen LogP) is 7.84. The summed E-state index contributed by atoms with van der Waals surface area (Å²) in [6.07, 6.45) is 8.56. The third-order valence-corrected chi connectivity index (χ3v) is 6.18. The molecule has 0 aliphatic heterocycles. The summed E-state index contributed by atoms with van der Waals surface area (Å²) in [6, 6.07) is 1.07. The maximum atomic E-state index is 15.1. The van der Waals surface area contributed by atoms with Crippen LogP contribution in [0, 0.1) is 31.5 Å². The molecule has 1 fully saturated rings. The van der Waals surface area contributed by atoms with Crippen LogP contribution in [0.2, 0.25) is 0 Å². The summed E-state index contributed by atoms with van der Waals surface area (Å²) in [6.45, 7) is 15.2. The molecule has 0 bridgehead atoms. The standard InChI is InChI=1S/C24H35F2NO.C2H6/c1-6-18(13-12-16(4)25)24(27-20(7-2)19-10-8-9-11-19)22-17(5)15(3)14-21(28)23(22)26;1-2/h6-7,14,16,18-19,24,27-28H,1,8-13H2,2-5H3;1-2H3/b20-7+;. The van der Waals surface area contributed by atoms with Crippen LogP contribution in [0.3, 0.4) is 0 Å². The molecule has 1 aromatic rings. The number of nitrogens with one attached hydrogen (secondary N) is 1. The van der Waals surface area contributed by atoms with Gasteiger partial charge in [-0.2, -0.15) is 0 Å². The number of phenols is 1. The molecule has 1 saturated carbocycles. The van der Waals surface area contributed by atoms with Crippen LogP contribution in [0.5, 0.6) is 5.75 Å². The molecule has 30 heavy (non-hydrogen) atoms. The van der Waals surface area contributed by atoms with Gasteiger partial charge in [-0.15, -0.1) is 6.58 Å². The Morgan fingerprint density at radius 2 is 1.87 bits per heavy atom. The van der Waals surface area contributed by atoms with Gasteiger partial charge in [0.05, 0.1) is 12.2 Å². The minimum Gasteiger partial charge on any atom is -0.505 e. The normalized spacial score (nSPS) is 17.7. The minimum absolute atomic E-state index is 0.149. The first-order valence-corrected chi connectivity index (χ1v) is 11.5. The number of halogens is 2. The molecule has 2 rings (SSSR count). The summed E-state index contributed by atoms with van der Waals surface area (Å²) in [4.78, 5) is 0. The van der Waals surface area contributed by atoms with Crippen molar-refractivity contribution < 1.29 is 13.9 Å². The Hall–Kier alpha value is -1.84. The number of rotatable bonds is 9. The van der Waals surface area contributed by atoms with Crippen LogP contribution >= 0.6 is 0 Å². The van der Waals surface area contributed by atoms with Crippen LogP contribution in [-0.2, 0) is 0 Å². The lowest BCUT2D eigenvalue weighted by Crippen LogP contribution is -2.31. The molecule has 1 aliphatic rings. The number of phenolic OH excluding ortho intramolecular Hbond substituents is 1. The van der Waals surface area contributed by atoms with E-state index in [0.29, 0.717) is 24.3 Å². The molecule has 3 unspecified atom stereocenters. The third-order valence-electron chi connectivity index (χ3n) is 6.18. The van der Waals surface area contributed by atoms with E-state index >= 15 is 4.39 Å². The van der Waals surface area contributed by atoms with Crippen molar-refractivity contribution in [2.75, 3.05) is 0 Å². The molecule has 170 valence electrons. The maximum absolute atomic E-state index is 15.1. The molecule has 1 aromatic carbocycles. The number of allylic oxidation sites excluding steroid dienone is 2. The van der Waals surface area contributed by atoms with Crippen molar-refractivity contribution >= 4 is 0 Å². The first-order chi connectivity index (χ1) is 14.3. The zero-order chi connectivity index (χ0) is 22.8. The second-order valence-electron chi connectivity index (χ2n) is 8.17. The van der Waals surface area contributed by atoms with Crippen molar-refractivity contribution in [1.82, 2.24) is 5.32 Å². The van der Waals surface area contributed by atoms with E-state index < -0.39 is 18.0 Å². The quantitative estimate of drug-likeness (QED) is 0.398. The molecule has 2 nitrogen and oxygen atoms in total. The number of aryl methyl sites for hydroxylation is 1. The molecule has 0 saturated heterocycles. The summed E-state index contributed by atoms with van der Waals surface area (Å²) < 4.78 is 28.6. The van der Waals surface area contributed by atoms with E-state index in [4.69, 9.17) is 0 Å². The average Bonchev–Trinajstić information content (AvgIpc) is 3.26. The maximum Gasteiger partial charge on any atom is 0.170 e. The van der Waals surface area contributed by atoms with Gasteiger partial charge in [0, 0.05) is 17.2 Å². The zero-order valence-corrected chi connectivity index (χ0v) is 19.7. The highest BCUT2D eigenvalue weighted by Gasteiger charge is 2.30. The Kier molecular flexibility index (Phi) is 11.1. The number of hydrogen-bond acceptors (Lipinski definition) is 2. The smallest absolute Gasteiger partial charge is 0.170 e. The molecule has 3 atom stereocenters. The van der Waals surface area contributed by atoms with Gasteiger partial charge >= 0.3 is 0 Å². The van der Waals surface area contributed by atoms with Gasteiger partial charge in [0.1, 0.15) is 0 Å². The Labute approximate surface area is 182 Å². The monoisotopic (exact) mass is 421 g/mol.